The minimum atomic E-state index is 0.109. The Morgan fingerprint density at radius 3 is 2.69 bits per heavy atom. The number of nitrogens with zero attached hydrogens (tertiary/aromatic N) is 1. The minimum absolute atomic E-state index is 0.109. The van der Waals surface area contributed by atoms with E-state index in [9.17, 15) is 4.79 Å². The highest BCUT2D eigenvalue weighted by molar-refractivity contribution is 7.18. The molecule has 1 N–H and O–H groups in total. The van der Waals surface area contributed by atoms with E-state index >= 15 is 0 Å². The predicted octanol–water partition coefficient (Wildman–Crippen LogP) is 2.83. The first-order valence-corrected chi connectivity index (χ1v) is 6.43. The third-order valence-corrected chi connectivity index (χ3v) is 3.64. The van der Waals surface area contributed by atoms with Crippen LogP contribution in [0.3, 0.4) is 0 Å². The molecule has 4 heteroatoms. The van der Waals surface area contributed by atoms with E-state index in [4.69, 9.17) is 0 Å². The van der Waals surface area contributed by atoms with Crippen LogP contribution in [0, 0.1) is 0 Å². The third-order valence-electron chi connectivity index (χ3n) is 2.46. The molecule has 1 rings (SSSR count). The molecule has 1 aromatic rings. The molecular formula is C12H20N2OS. The number of amides is 1. The normalized spacial score (nSPS) is 10.2. The smallest absolute Gasteiger partial charge is 0.263 e. The fourth-order valence-corrected chi connectivity index (χ4v) is 2.57. The van der Waals surface area contributed by atoms with Gasteiger partial charge in [-0.25, -0.2) is 0 Å². The van der Waals surface area contributed by atoms with Gasteiger partial charge in [-0.15, -0.1) is 11.3 Å². The monoisotopic (exact) mass is 240 g/mol. The van der Waals surface area contributed by atoms with Crippen molar-refractivity contribution in [3.63, 3.8) is 0 Å². The van der Waals surface area contributed by atoms with Crippen LogP contribution >= 0.6 is 11.3 Å². The highest BCUT2D eigenvalue weighted by Gasteiger charge is 2.16. The van der Waals surface area contributed by atoms with E-state index in [-0.39, 0.29) is 5.91 Å². The first kappa shape index (κ1) is 13.0. The van der Waals surface area contributed by atoms with Crippen LogP contribution in [0.4, 0.5) is 5.00 Å². The Bertz CT molecular complexity index is 358. The van der Waals surface area contributed by atoms with Crippen LogP contribution in [-0.4, -0.2) is 32.0 Å². The van der Waals surface area contributed by atoms with Gasteiger partial charge in [0.1, 0.15) is 0 Å². The predicted molar refractivity (Wildman–Crippen MR) is 70.5 cm³/mol. The highest BCUT2D eigenvalue weighted by Crippen LogP contribution is 2.28. The van der Waals surface area contributed by atoms with E-state index in [0.29, 0.717) is 0 Å². The molecule has 1 aromatic heterocycles. The molecule has 0 atom stereocenters. The molecule has 0 fully saturated rings. The number of aryl methyl sites for hydroxylation is 1. The van der Waals surface area contributed by atoms with E-state index in [1.165, 1.54) is 5.56 Å². The van der Waals surface area contributed by atoms with Crippen molar-refractivity contribution in [2.75, 3.05) is 26.5 Å². The highest BCUT2D eigenvalue weighted by atomic mass is 32.1. The molecule has 0 spiro atoms. The summed E-state index contributed by atoms with van der Waals surface area (Å²) < 4.78 is 0. The summed E-state index contributed by atoms with van der Waals surface area (Å²) in [6.45, 7) is 2.17. The Kier molecular flexibility index (Phi) is 4.80. The molecule has 0 saturated carbocycles. The van der Waals surface area contributed by atoms with Crippen molar-refractivity contribution in [1.29, 1.82) is 0 Å². The zero-order valence-electron chi connectivity index (χ0n) is 10.5. The van der Waals surface area contributed by atoms with Crippen molar-refractivity contribution in [3.05, 3.63) is 16.5 Å². The van der Waals surface area contributed by atoms with Crippen LogP contribution in [0.2, 0.25) is 0 Å². The van der Waals surface area contributed by atoms with Crippen molar-refractivity contribution in [2.24, 2.45) is 0 Å². The first-order chi connectivity index (χ1) is 7.60. The molecule has 0 unspecified atom stereocenters. The van der Waals surface area contributed by atoms with E-state index < -0.39 is 0 Å². The summed E-state index contributed by atoms with van der Waals surface area (Å²) in [6, 6.07) is 2.09. The molecule has 90 valence electrons. The van der Waals surface area contributed by atoms with Crippen molar-refractivity contribution in [2.45, 2.75) is 26.2 Å². The summed E-state index contributed by atoms with van der Waals surface area (Å²) in [5.74, 6) is 0.109. The molecular weight excluding hydrogens is 220 g/mol. The molecule has 0 radical (unpaired) electrons. The summed E-state index contributed by atoms with van der Waals surface area (Å²) in [6.07, 6.45) is 3.28. The lowest BCUT2D eigenvalue weighted by Crippen LogP contribution is -2.21. The fourth-order valence-electron chi connectivity index (χ4n) is 1.49. The van der Waals surface area contributed by atoms with Gasteiger partial charge in [0, 0.05) is 21.1 Å². The molecule has 0 aliphatic rings. The fraction of sp³-hybridized carbons (Fsp3) is 0.583. The van der Waals surface area contributed by atoms with E-state index in [0.717, 1.165) is 29.1 Å². The molecule has 1 heterocycles. The van der Waals surface area contributed by atoms with Gasteiger partial charge in [0.2, 0.25) is 0 Å². The molecule has 3 nitrogen and oxygen atoms in total. The van der Waals surface area contributed by atoms with Crippen LogP contribution in [0.15, 0.2) is 6.07 Å². The maximum atomic E-state index is 12.0. The number of carbonyl (C=O) groups is 1. The number of thiophene rings is 1. The zero-order chi connectivity index (χ0) is 12.1. The average molecular weight is 240 g/mol. The maximum Gasteiger partial charge on any atom is 0.263 e. The Hall–Kier alpha value is -1.03. The van der Waals surface area contributed by atoms with E-state index in [2.05, 4.69) is 18.3 Å². The molecule has 0 bridgehead atoms. The number of anilines is 1. The average Bonchev–Trinajstić information content (AvgIpc) is 2.68. The quantitative estimate of drug-likeness (QED) is 0.858. The number of hydrogen-bond donors (Lipinski definition) is 1. The number of unbranched alkanes of at least 4 members (excludes halogenated alkanes) is 1. The first-order valence-electron chi connectivity index (χ1n) is 5.62. The second-order valence-electron chi connectivity index (χ2n) is 4.02. The summed E-state index contributed by atoms with van der Waals surface area (Å²) in [5, 5.41) is 4.17. The Labute approximate surface area is 101 Å². The molecule has 1 amide bonds. The van der Waals surface area contributed by atoms with Crippen LogP contribution in [-0.2, 0) is 6.42 Å². The van der Waals surface area contributed by atoms with Gasteiger partial charge in [-0.2, -0.15) is 0 Å². The topological polar surface area (TPSA) is 32.3 Å². The Balaban J connectivity index is 2.95. The molecule has 0 aliphatic carbocycles. The maximum absolute atomic E-state index is 12.0. The van der Waals surface area contributed by atoms with Gasteiger partial charge in [0.15, 0.2) is 0 Å². The number of hydrogen-bond acceptors (Lipinski definition) is 3. The van der Waals surface area contributed by atoms with Gasteiger partial charge in [-0.3, -0.25) is 4.79 Å². The lowest BCUT2D eigenvalue weighted by molar-refractivity contribution is 0.0831. The van der Waals surface area contributed by atoms with Crippen molar-refractivity contribution in [1.82, 2.24) is 4.90 Å². The standard InChI is InChI=1S/C12H20N2OS/c1-5-6-7-9-8-10(13-2)16-11(9)12(15)14(3)4/h8,13H,5-7H2,1-4H3. The largest absolute Gasteiger partial charge is 0.380 e. The summed E-state index contributed by atoms with van der Waals surface area (Å²) in [5.41, 5.74) is 1.18. The van der Waals surface area contributed by atoms with Crippen molar-refractivity contribution >= 4 is 22.2 Å². The molecule has 0 aliphatic heterocycles. The van der Waals surface area contributed by atoms with Crippen LogP contribution < -0.4 is 5.32 Å². The van der Waals surface area contributed by atoms with Crippen molar-refractivity contribution in [3.8, 4) is 0 Å². The molecule has 0 saturated heterocycles. The number of carbonyl (C=O) groups excluding carboxylic acids is 1. The summed E-state index contributed by atoms with van der Waals surface area (Å²) in [4.78, 5) is 14.5. The van der Waals surface area contributed by atoms with Crippen molar-refractivity contribution < 1.29 is 4.79 Å². The van der Waals surface area contributed by atoms with Gasteiger partial charge in [0.25, 0.3) is 5.91 Å². The second-order valence-corrected chi connectivity index (χ2v) is 5.07. The summed E-state index contributed by atoms with van der Waals surface area (Å²) >= 11 is 1.54. The number of nitrogens with one attached hydrogen (secondary N) is 1. The van der Waals surface area contributed by atoms with Crippen LogP contribution in [0.5, 0.6) is 0 Å². The SMILES string of the molecule is CCCCc1cc(NC)sc1C(=O)N(C)C. The number of rotatable bonds is 5. The molecule has 16 heavy (non-hydrogen) atoms. The Morgan fingerprint density at radius 2 is 2.19 bits per heavy atom. The van der Waals surface area contributed by atoms with Crippen LogP contribution in [0.25, 0.3) is 0 Å². The van der Waals surface area contributed by atoms with E-state index in [1.807, 2.05) is 7.05 Å². The molecule has 0 aromatic carbocycles. The van der Waals surface area contributed by atoms with Gasteiger partial charge in [0.05, 0.1) is 9.88 Å². The minimum Gasteiger partial charge on any atom is -0.380 e. The lowest BCUT2D eigenvalue weighted by atomic mass is 10.1. The Morgan fingerprint density at radius 1 is 1.50 bits per heavy atom. The van der Waals surface area contributed by atoms with Gasteiger partial charge in [-0.1, -0.05) is 13.3 Å². The second kappa shape index (κ2) is 5.89. The zero-order valence-corrected chi connectivity index (χ0v) is 11.3. The summed E-state index contributed by atoms with van der Waals surface area (Å²) in [7, 11) is 5.48. The lowest BCUT2D eigenvalue weighted by Gasteiger charge is -2.10. The van der Waals surface area contributed by atoms with Gasteiger partial charge < -0.3 is 10.2 Å². The van der Waals surface area contributed by atoms with Gasteiger partial charge in [-0.05, 0) is 24.5 Å². The third kappa shape index (κ3) is 2.98. The van der Waals surface area contributed by atoms with Crippen LogP contribution in [0.1, 0.15) is 35.0 Å². The van der Waals surface area contributed by atoms with Gasteiger partial charge >= 0.3 is 0 Å². The van der Waals surface area contributed by atoms with E-state index in [1.54, 1.807) is 30.3 Å².